The van der Waals surface area contributed by atoms with Gasteiger partial charge in [0.05, 0.1) is 6.61 Å². The van der Waals surface area contributed by atoms with Gasteiger partial charge >= 0.3 is 0 Å². The van der Waals surface area contributed by atoms with Crippen LogP contribution in [0.5, 0.6) is 0 Å². The summed E-state index contributed by atoms with van der Waals surface area (Å²) in [6, 6.07) is 0. The van der Waals surface area contributed by atoms with Gasteiger partial charge in [0, 0.05) is 0 Å². The Kier molecular flexibility index (Phi) is 3.43. The van der Waals surface area contributed by atoms with E-state index >= 15 is 0 Å². The van der Waals surface area contributed by atoms with Crippen LogP contribution in [0.4, 0.5) is 0 Å². The fourth-order valence-electron chi connectivity index (χ4n) is 2.32. The maximum absolute atomic E-state index is 9.81. The molecule has 0 radical (unpaired) electrons. The molecular weight excluding hydrogens is 236 g/mol. The van der Waals surface area contributed by atoms with Crippen molar-refractivity contribution in [1.82, 2.24) is 0 Å². The smallest absolute Gasteiger partial charge is 0.164 e. The summed E-state index contributed by atoms with van der Waals surface area (Å²) >= 11 is 0. The van der Waals surface area contributed by atoms with Crippen molar-refractivity contribution in [3.63, 3.8) is 0 Å². The summed E-state index contributed by atoms with van der Waals surface area (Å²) in [5, 5.41) is 9.81. The lowest BCUT2D eigenvalue weighted by Gasteiger charge is -2.24. The van der Waals surface area contributed by atoms with Crippen molar-refractivity contribution in [3.05, 3.63) is 0 Å². The van der Waals surface area contributed by atoms with Crippen molar-refractivity contribution >= 4 is 0 Å². The number of rotatable bonds is 2. The first-order valence-corrected chi connectivity index (χ1v) is 6.06. The molecule has 2 fully saturated rings. The molecule has 0 amide bonds. The highest BCUT2D eigenvalue weighted by Gasteiger charge is 2.51. The molecule has 0 aromatic heterocycles. The third kappa shape index (κ3) is 2.68. The molecule has 0 aromatic carbocycles. The Morgan fingerprint density at radius 3 is 2.33 bits per heavy atom. The van der Waals surface area contributed by atoms with Gasteiger partial charge in [-0.25, -0.2) is 0 Å². The second kappa shape index (κ2) is 4.48. The van der Waals surface area contributed by atoms with Gasteiger partial charge in [-0.05, 0) is 27.7 Å². The normalized spacial score (nSPS) is 39.4. The molecule has 2 heterocycles. The van der Waals surface area contributed by atoms with Crippen molar-refractivity contribution in [2.75, 3.05) is 6.61 Å². The Morgan fingerprint density at radius 2 is 1.83 bits per heavy atom. The molecule has 0 unspecified atom stereocenters. The molecule has 0 aliphatic carbocycles. The summed E-state index contributed by atoms with van der Waals surface area (Å²) in [6.45, 7) is 7.63. The Balaban J connectivity index is 2.13. The average molecular weight is 256 g/mol. The maximum atomic E-state index is 9.81. The molecule has 2 saturated heterocycles. The van der Waals surface area contributed by atoms with Crippen LogP contribution in [-0.4, -0.2) is 47.7 Å². The summed E-state index contributed by atoms with van der Waals surface area (Å²) < 4.78 is 22.7. The predicted molar refractivity (Wildman–Crippen MR) is 63.6 cm³/mol. The zero-order valence-electron chi connectivity index (χ0n) is 11.2. The third-order valence-corrected chi connectivity index (χ3v) is 3.04. The number of aliphatic hydroxyl groups excluding tert-OH is 1. The topological polar surface area (TPSA) is 57.2 Å². The third-order valence-electron chi connectivity index (χ3n) is 3.04. The van der Waals surface area contributed by atoms with Crippen LogP contribution in [0.2, 0.25) is 0 Å². The lowest BCUT2D eigenvalue weighted by molar-refractivity contribution is -0.175. The number of hydrogen-bond donors (Lipinski definition) is 1. The van der Waals surface area contributed by atoms with Gasteiger partial charge in [0.1, 0.15) is 24.4 Å². The van der Waals surface area contributed by atoms with E-state index < -0.39 is 29.9 Å². The van der Waals surface area contributed by atoms with Crippen molar-refractivity contribution in [2.45, 2.75) is 63.7 Å². The molecular formula is C13H20O5. The van der Waals surface area contributed by atoms with E-state index in [0.717, 1.165) is 0 Å². The number of terminal acetylenes is 1. The molecule has 0 aromatic rings. The molecule has 2 aliphatic rings. The molecule has 0 spiro atoms. The van der Waals surface area contributed by atoms with E-state index in [2.05, 4.69) is 5.92 Å². The van der Waals surface area contributed by atoms with Gasteiger partial charge in [0.25, 0.3) is 0 Å². The standard InChI is InChI=1S/C13H20O5/c1-6-8(14)10-11(18-13(4,5)17-10)9-7-15-12(2,3)16-9/h1,8-11,14H,7H2,2-5H3/t8-,9+,10+,11-/m1/s1. The van der Waals surface area contributed by atoms with Crippen LogP contribution in [0.3, 0.4) is 0 Å². The van der Waals surface area contributed by atoms with Gasteiger partial charge in [-0.15, -0.1) is 6.42 Å². The van der Waals surface area contributed by atoms with E-state index in [9.17, 15) is 5.11 Å². The van der Waals surface area contributed by atoms with Crippen LogP contribution < -0.4 is 0 Å². The van der Waals surface area contributed by atoms with Gasteiger partial charge < -0.3 is 24.1 Å². The quantitative estimate of drug-likeness (QED) is 0.735. The van der Waals surface area contributed by atoms with Crippen LogP contribution in [0, 0.1) is 12.3 Å². The van der Waals surface area contributed by atoms with Gasteiger partial charge in [-0.3, -0.25) is 0 Å². The van der Waals surface area contributed by atoms with E-state index in [1.807, 2.05) is 13.8 Å². The first-order chi connectivity index (χ1) is 8.24. The molecule has 2 rings (SSSR count). The van der Waals surface area contributed by atoms with E-state index in [1.165, 1.54) is 0 Å². The van der Waals surface area contributed by atoms with Crippen molar-refractivity contribution in [3.8, 4) is 12.3 Å². The second-order valence-electron chi connectivity index (χ2n) is 5.54. The minimum absolute atomic E-state index is 0.297. The first-order valence-electron chi connectivity index (χ1n) is 6.06. The molecule has 0 saturated carbocycles. The predicted octanol–water partition coefficient (Wildman–Crippen LogP) is 0.652. The molecule has 102 valence electrons. The average Bonchev–Trinajstić information content (AvgIpc) is 2.77. The zero-order valence-corrected chi connectivity index (χ0v) is 11.2. The summed E-state index contributed by atoms with van der Waals surface area (Å²) in [5.74, 6) is 0.838. The van der Waals surface area contributed by atoms with Gasteiger partial charge in [-0.2, -0.15) is 0 Å². The van der Waals surface area contributed by atoms with E-state index in [0.29, 0.717) is 6.61 Å². The first kappa shape index (κ1) is 13.8. The minimum atomic E-state index is -1.02. The van der Waals surface area contributed by atoms with Crippen molar-refractivity contribution < 1.29 is 24.1 Å². The molecule has 1 N–H and O–H groups in total. The Hall–Kier alpha value is -0.640. The highest BCUT2D eigenvalue weighted by atomic mass is 16.8. The van der Waals surface area contributed by atoms with E-state index in [4.69, 9.17) is 25.4 Å². The lowest BCUT2D eigenvalue weighted by Crippen LogP contribution is -2.43. The highest BCUT2D eigenvalue weighted by molar-refractivity contribution is 5.04. The molecule has 4 atom stereocenters. The Bertz CT molecular complexity index is 357. The summed E-state index contributed by atoms with van der Waals surface area (Å²) in [6.07, 6.45) is 2.89. The van der Waals surface area contributed by atoms with Crippen LogP contribution in [0.1, 0.15) is 27.7 Å². The lowest BCUT2D eigenvalue weighted by atomic mass is 10.0. The fraction of sp³-hybridized carbons (Fsp3) is 0.846. The molecule has 2 aliphatic heterocycles. The van der Waals surface area contributed by atoms with Crippen LogP contribution in [0.25, 0.3) is 0 Å². The Morgan fingerprint density at radius 1 is 1.17 bits per heavy atom. The Labute approximate surface area is 107 Å². The molecule has 5 nitrogen and oxygen atoms in total. The highest BCUT2D eigenvalue weighted by Crippen LogP contribution is 2.36. The van der Waals surface area contributed by atoms with Crippen LogP contribution in [0.15, 0.2) is 0 Å². The van der Waals surface area contributed by atoms with E-state index in [-0.39, 0.29) is 6.10 Å². The maximum Gasteiger partial charge on any atom is 0.164 e. The number of ether oxygens (including phenoxy) is 4. The van der Waals surface area contributed by atoms with Gasteiger partial charge in [0.2, 0.25) is 0 Å². The molecule has 18 heavy (non-hydrogen) atoms. The van der Waals surface area contributed by atoms with Crippen molar-refractivity contribution in [1.29, 1.82) is 0 Å². The second-order valence-corrected chi connectivity index (χ2v) is 5.54. The van der Waals surface area contributed by atoms with Gasteiger partial charge in [-0.1, -0.05) is 5.92 Å². The van der Waals surface area contributed by atoms with Crippen LogP contribution >= 0.6 is 0 Å². The zero-order chi connectivity index (χ0) is 13.6. The number of aliphatic hydroxyl groups is 1. The summed E-state index contributed by atoms with van der Waals surface area (Å²) in [7, 11) is 0. The van der Waals surface area contributed by atoms with Crippen LogP contribution in [-0.2, 0) is 18.9 Å². The number of hydrogen-bond acceptors (Lipinski definition) is 5. The van der Waals surface area contributed by atoms with E-state index in [1.54, 1.807) is 13.8 Å². The van der Waals surface area contributed by atoms with Crippen molar-refractivity contribution in [2.24, 2.45) is 0 Å². The molecule has 0 bridgehead atoms. The molecule has 5 heteroatoms. The van der Waals surface area contributed by atoms with Gasteiger partial charge in [0.15, 0.2) is 11.6 Å². The summed E-state index contributed by atoms with van der Waals surface area (Å²) in [4.78, 5) is 0. The monoisotopic (exact) mass is 256 g/mol. The minimum Gasteiger partial charge on any atom is -0.378 e. The SMILES string of the molecule is C#C[C@@H](O)[C@@H]1OC(C)(C)O[C@@H]1[C@@H]1COC(C)(C)O1. The summed E-state index contributed by atoms with van der Waals surface area (Å²) in [5.41, 5.74) is 0. The fourth-order valence-corrected chi connectivity index (χ4v) is 2.32. The largest absolute Gasteiger partial charge is 0.378 e.